The van der Waals surface area contributed by atoms with Crippen LogP contribution < -0.4 is 0 Å². The highest BCUT2D eigenvalue weighted by Gasteiger charge is 2.37. The molecule has 1 aliphatic heterocycles. The fraction of sp³-hybridized carbons (Fsp3) is 0.688. The lowest BCUT2D eigenvalue weighted by atomic mass is 9.90. The van der Waals surface area contributed by atoms with Crippen LogP contribution in [0.15, 0.2) is 16.7 Å². The van der Waals surface area contributed by atoms with Crippen molar-refractivity contribution in [2.45, 2.75) is 57.7 Å². The number of nitrogens with zero attached hydrogens (tertiary/aromatic N) is 2. The second-order valence-electron chi connectivity index (χ2n) is 6.30. The van der Waals surface area contributed by atoms with Gasteiger partial charge in [0.05, 0.1) is 18.8 Å². The van der Waals surface area contributed by atoms with E-state index in [0.29, 0.717) is 13.2 Å². The molecule has 2 heterocycles. The molecule has 0 spiro atoms. The lowest BCUT2D eigenvalue weighted by Crippen LogP contribution is -2.55. The van der Waals surface area contributed by atoms with Crippen molar-refractivity contribution in [3.05, 3.63) is 22.4 Å². The van der Waals surface area contributed by atoms with Crippen molar-refractivity contribution in [2.24, 2.45) is 0 Å². The van der Waals surface area contributed by atoms with Gasteiger partial charge in [-0.3, -0.25) is 4.79 Å². The van der Waals surface area contributed by atoms with Gasteiger partial charge in [0.15, 0.2) is 0 Å². The van der Waals surface area contributed by atoms with Gasteiger partial charge in [0.2, 0.25) is 0 Å². The highest BCUT2D eigenvalue weighted by atomic mass is 79.9. The quantitative estimate of drug-likeness (QED) is 0.812. The van der Waals surface area contributed by atoms with Gasteiger partial charge in [-0.15, -0.1) is 0 Å². The van der Waals surface area contributed by atoms with Crippen LogP contribution in [0, 0.1) is 0 Å². The first-order valence-electron chi connectivity index (χ1n) is 7.88. The molecule has 2 aliphatic rings. The monoisotopic (exact) mass is 354 g/mol. The summed E-state index contributed by atoms with van der Waals surface area (Å²) < 4.78 is 8.89. The number of rotatable bonds is 2. The summed E-state index contributed by atoms with van der Waals surface area (Å²) in [5.74, 6) is 0.148. The third-order valence-electron chi connectivity index (χ3n) is 4.58. The molecule has 0 N–H and O–H groups in total. The standard InChI is InChI=1S/C16H23BrN2O2/c1-11(2)19-10-12(17)9-14(19)16(20)18-7-8-21-15-6-4-3-5-13(15)18/h9-11,13,15H,3-8H2,1-2H3. The Morgan fingerprint density at radius 3 is 2.90 bits per heavy atom. The van der Waals surface area contributed by atoms with Crippen molar-refractivity contribution in [1.29, 1.82) is 0 Å². The van der Waals surface area contributed by atoms with Gasteiger partial charge in [-0.2, -0.15) is 0 Å². The molecule has 2 fully saturated rings. The van der Waals surface area contributed by atoms with Crippen LogP contribution in [0.3, 0.4) is 0 Å². The lowest BCUT2D eigenvalue weighted by Gasteiger charge is -2.43. The number of aromatic nitrogens is 1. The minimum atomic E-state index is 0.148. The Hall–Kier alpha value is -0.810. The normalized spacial score (nSPS) is 26.0. The Balaban J connectivity index is 1.87. The molecule has 1 amide bonds. The molecular weight excluding hydrogens is 332 g/mol. The van der Waals surface area contributed by atoms with E-state index in [1.807, 2.05) is 17.2 Å². The summed E-state index contributed by atoms with van der Waals surface area (Å²) in [4.78, 5) is 15.1. The van der Waals surface area contributed by atoms with Crippen molar-refractivity contribution >= 4 is 21.8 Å². The number of amides is 1. The molecule has 1 aromatic heterocycles. The molecule has 0 aromatic carbocycles. The Labute approximate surface area is 134 Å². The second-order valence-corrected chi connectivity index (χ2v) is 7.22. The first kappa shape index (κ1) is 15.1. The molecular formula is C16H23BrN2O2. The number of ether oxygens (including phenoxy) is 1. The third kappa shape index (κ3) is 2.90. The maximum Gasteiger partial charge on any atom is 0.270 e. The Kier molecular flexibility index (Phi) is 4.41. The van der Waals surface area contributed by atoms with Crippen molar-refractivity contribution in [2.75, 3.05) is 13.2 Å². The molecule has 1 aromatic rings. The second kappa shape index (κ2) is 6.13. The van der Waals surface area contributed by atoms with Crippen molar-refractivity contribution in [1.82, 2.24) is 9.47 Å². The number of hydrogen-bond donors (Lipinski definition) is 0. The number of morpholine rings is 1. The summed E-state index contributed by atoms with van der Waals surface area (Å²) >= 11 is 3.50. The zero-order valence-electron chi connectivity index (χ0n) is 12.7. The SMILES string of the molecule is CC(C)n1cc(Br)cc1C(=O)N1CCOC2CCCCC21. The van der Waals surface area contributed by atoms with Crippen LogP contribution in [0.25, 0.3) is 0 Å². The highest BCUT2D eigenvalue weighted by molar-refractivity contribution is 9.10. The molecule has 2 unspecified atom stereocenters. The minimum Gasteiger partial charge on any atom is -0.374 e. The minimum absolute atomic E-state index is 0.148. The Bertz CT molecular complexity index is 524. The molecule has 1 saturated heterocycles. The highest BCUT2D eigenvalue weighted by Crippen LogP contribution is 2.30. The van der Waals surface area contributed by atoms with Crippen LogP contribution in [0.2, 0.25) is 0 Å². The molecule has 21 heavy (non-hydrogen) atoms. The fourth-order valence-corrected chi connectivity index (χ4v) is 3.98. The average Bonchev–Trinajstić information content (AvgIpc) is 2.88. The smallest absolute Gasteiger partial charge is 0.270 e. The molecule has 1 aliphatic carbocycles. The zero-order valence-corrected chi connectivity index (χ0v) is 14.3. The van der Waals surface area contributed by atoms with Crippen LogP contribution in [0.4, 0.5) is 0 Å². The maximum absolute atomic E-state index is 13.0. The summed E-state index contributed by atoms with van der Waals surface area (Å²) in [6.45, 7) is 5.58. The van der Waals surface area contributed by atoms with E-state index >= 15 is 0 Å². The third-order valence-corrected chi connectivity index (χ3v) is 5.02. The number of fused-ring (bicyclic) bond motifs is 1. The number of carbonyl (C=O) groups excluding carboxylic acids is 1. The topological polar surface area (TPSA) is 34.5 Å². The molecule has 4 nitrogen and oxygen atoms in total. The summed E-state index contributed by atoms with van der Waals surface area (Å²) in [5.41, 5.74) is 0.781. The Morgan fingerprint density at radius 1 is 1.38 bits per heavy atom. The molecule has 116 valence electrons. The van der Waals surface area contributed by atoms with Gasteiger partial charge in [-0.05, 0) is 48.7 Å². The van der Waals surface area contributed by atoms with Gasteiger partial charge in [-0.25, -0.2) is 0 Å². The van der Waals surface area contributed by atoms with Crippen LogP contribution in [-0.4, -0.2) is 40.7 Å². The predicted molar refractivity (Wildman–Crippen MR) is 85.5 cm³/mol. The molecule has 0 radical (unpaired) electrons. The van der Waals surface area contributed by atoms with Gasteiger partial charge >= 0.3 is 0 Å². The summed E-state index contributed by atoms with van der Waals surface area (Å²) in [7, 11) is 0. The molecule has 2 atom stereocenters. The van der Waals surface area contributed by atoms with E-state index in [1.165, 1.54) is 12.8 Å². The van der Waals surface area contributed by atoms with Crippen LogP contribution in [-0.2, 0) is 4.74 Å². The largest absolute Gasteiger partial charge is 0.374 e. The van der Waals surface area contributed by atoms with E-state index in [1.54, 1.807) is 0 Å². The zero-order chi connectivity index (χ0) is 15.0. The number of carbonyl (C=O) groups is 1. The van der Waals surface area contributed by atoms with Gasteiger partial charge < -0.3 is 14.2 Å². The van der Waals surface area contributed by atoms with E-state index in [4.69, 9.17) is 4.74 Å². The van der Waals surface area contributed by atoms with Crippen LogP contribution in [0.1, 0.15) is 56.1 Å². The first-order chi connectivity index (χ1) is 10.1. The van der Waals surface area contributed by atoms with Crippen molar-refractivity contribution < 1.29 is 9.53 Å². The summed E-state index contributed by atoms with van der Waals surface area (Å²) in [6, 6.07) is 2.48. The van der Waals surface area contributed by atoms with Gasteiger partial charge in [-0.1, -0.05) is 12.8 Å². The first-order valence-corrected chi connectivity index (χ1v) is 8.67. The fourth-order valence-electron chi connectivity index (χ4n) is 3.54. The van der Waals surface area contributed by atoms with E-state index in [9.17, 15) is 4.79 Å². The van der Waals surface area contributed by atoms with Crippen LogP contribution >= 0.6 is 15.9 Å². The average molecular weight is 355 g/mol. The van der Waals surface area contributed by atoms with E-state index in [0.717, 1.165) is 23.0 Å². The van der Waals surface area contributed by atoms with Crippen LogP contribution in [0.5, 0.6) is 0 Å². The lowest BCUT2D eigenvalue weighted by molar-refractivity contribution is -0.0755. The van der Waals surface area contributed by atoms with E-state index in [-0.39, 0.29) is 24.1 Å². The molecule has 1 saturated carbocycles. The molecule has 5 heteroatoms. The van der Waals surface area contributed by atoms with E-state index < -0.39 is 0 Å². The van der Waals surface area contributed by atoms with Crippen molar-refractivity contribution in [3.63, 3.8) is 0 Å². The molecule has 0 bridgehead atoms. The molecule has 3 rings (SSSR count). The van der Waals surface area contributed by atoms with Crippen molar-refractivity contribution in [3.8, 4) is 0 Å². The predicted octanol–water partition coefficient (Wildman–Crippen LogP) is 3.62. The number of hydrogen-bond acceptors (Lipinski definition) is 2. The summed E-state index contributed by atoms with van der Waals surface area (Å²) in [6.07, 6.45) is 6.81. The Morgan fingerprint density at radius 2 is 2.14 bits per heavy atom. The van der Waals surface area contributed by atoms with Gasteiger partial charge in [0.1, 0.15) is 5.69 Å². The maximum atomic E-state index is 13.0. The van der Waals surface area contributed by atoms with Gasteiger partial charge in [0, 0.05) is 23.3 Å². The van der Waals surface area contributed by atoms with E-state index in [2.05, 4.69) is 34.3 Å². The van der Waals surface area contributed by atoms with Gasteiger partial charge in [0.25, 0.3) is 5.91 Å². The summed E-state index contributed by atoms with van der Waals surface area (Å²) in [5, 5.41) is 0. The number of halogens is 1.